The quantitative estimate of drug-likeness (QED) is 0.343. The summed E-state index contributed by atoms with van der Waals surface area (Å²) in [6.45, 7) is 9.52. The van der Waals surface area contributed by atoms with E-state index >= 15 is 0 Å². The molecule has 8 heteroatoms. The Balaban J connectivity index is 2.27. The van der Waals surface area contributed by atoms with E-state index in [1.165, 1.54) is 11.8 Å². The molecule has 0 spiro atoms. The zero-order valence-electron chi connectivity index (χ0n) is 19.4. The molecule has 2 rings (SSSR count). The average molecular weight is 479 g/mol. The van der Waals surface area contributed by atoms with Crippen molar-refractivity contribution < 1.29 is 19.5 Å². The first-order valence-corrected chi connectivity index (χ1v) is 12.2. The SMILES string of the molecule is CC(C)CC(C(=O)NC(C(=O)NC1CC1)C(C)(C)C)C(C(=O)O)C(=S)Sc1ccccc1. The van der Waals surface area contributed by atoms with Gasteiger partial charge in [-0.15, -0.1) is 0 Å². The number of amides is 2. The summed E-state index contributed by atoms with van der Waals surface area (Å²) >= 11 is 6.70. The molecule has 176 valence electrons. The number of aliphatic carboxylic acids is 1. The van der Waals surface area contributed by atoms with Crippen LogP contribution in [0, 0.1) is 23.2 Å². The van der Waals surface area contributed by atoms with Crippen molar-refractivity contribution in [2.45, 2.75) is 70.9 Å². The van der Waals surface area contributed by atoms with Crippen LogP contribution in [0.2, 0.25) is 0 Å². The van der Waals surface area contributed by atoms with Crippen LogP contribution >= 0.6 is 24.0 Å². The van der Waals surface area contributed by atoms with E-state index in [2.05, 4.69) is 10.6 Å². The van der Waals surface area contributed by atoms with Crippen molar-refractivity contribution in [1.29, 1.82) is 0 Å². The lowest BCUT2D eigenvalue weighted by molar-refractivity contribution is -0.145. The molecule has 32 heavy (non-hydrogen) atoms. The lowest BCUT2D eigenvalue weighted by atomic mass is 9.82. The molecule has 1 saturated carbocycles. The Morgan fingerprint density at radius 3 is 2.19 bits per heavy atom. The Labute approximate surface area is 200 Å². The van der Waals surface area contributed by atoms with Gasteiger partial charge in [-0.1, -0.05) is 76.8 Å². The smallest absolute Gasteiger partial charge is 0.313 e. The number of rotatable bonds is 10. The molecule has 2 amide bonds. The van der Waals surface area contributed by atoms with E-state index in [0.29, 0.717) is 6.42 Å². The summed E-state index contributed by atoms with van der Waals surface area (Å²) in [7, 11) is 0. The number of carbonyl (C=O) groups excluding carboxylic acids is 2. The van der Waals surface area contributed by atoms with E-state index in [1.807, 2.05) is 65.0 Å². The van der Waals surface area contributed by atoms with E-state index in [4.69, 9.17) is 12.2 Å². The van der Waals surface area contributed by atoms with Crippen molar-refractivity contribution in [3.05, 3.63) is 30.3 Å². The van der Waals surface area contributed by atoms with Crippen molar-refractivity contribution >= 4 is 46.0 Å². The molecule has 0 aliphatic heterocycles. The molecule has 1 aromatic carbocycles. The Morgan fingerprint density at radius 2 is 1.72 bits per heavy atom. The maximum atomic E-state index is 13.4. The molecule has 1 aromatic rings. The fourth-order valence-electron chi connectivity index (χ4n) is 3.44. The highest BCUT2D eigenvalue weighted by molar-refractivity contribution is 8.23. The lowest BCUT2D eigenvalue weighted by Gasteiger charge is -2.33. The second-order valence-electron chi connectivity index (χ2n) is 9.88. The van der Waals surface area contributed by atoms with Crippen LogP contribution in [0.3, 0.4) is 0 Å². The summed E-state index contributed by atoms with van der Waals surface area (Å²) in [6, 6.07) is 8.68. The fraction of sp³-hybridized carbons (Fsp3) is 0.583. The van der Waals surface area contributed by atoms with Crippen LogP contribution in [0.4, 0.5) is 0 Å². The van der Waals surface area contributed by atoms with Gasteiger partial charge in [-0.2, -0.15) is 0 Å². The summed E-state index contributed by atoms with van der Waals surface area (Å²) in [5.74, 6) is -3.77. The third kappa shape index (κ3) is 7.89. The number of thiocarbonyl (C=S) groups is 1. The van der Waals surface area contributed by atoms with Gasteiger partial charge in [0.15, 0.2) is 0 Å². The minimum absolute atomic E-state index is 0.0745. The summed E-state index contributed by atoms with van der Waals surface area (Å²) < 4.78 is 0.235. The second kappa shape index (κ2) is 11.3. The molecule has 0 heterocycles. The van der Waals surface area contributed by atoms with Crippen molar-refractivity contribution in [2.75, 3.05) is 0 Å². The molecule has 0 saturated heterocycles. The maximum absolute atomic E-state index is 13.4. The third-order valence-corrected chi connectivity index (χ3v) is 6.75. The van der Waals surface area contributed by atoms with E-state index in [-0.39, 0.29) is 22.1 Å². The van der Waals surface area contributed by atoms with Gasteiger partial charge in [0, 0.05) is 10.9 Å². The topological polar surface area (TPSA) is 95.5 Å². The number of carboxylic acids is 1. The normalized spacial score (nSPS) is 16.7. The number of carbonyl (C=O) groups is 3. The van der Waals surface area contributed by atoms with Crippen molar-refractivity contribution in [2.24, 2.45) is 23.2 Å². The molecule has 3 unspecified atom stereocenters. The number of hydrogen-bond donors (Lipinski definition) is 3. The molecule has 6 nitrogen and oxygen atoms in total. The summed E-state index contributed by atoms with van der Waals surface area (Å²) in [5, 5.41) is 15.8. The van der Waals surface area contributed by atoms with Gasteiger partial charge in [-0.25, -0.2) is 0 Å². The molecule has 0 bridgehead atoms. The van der Waals surface area contributed by atoms with Gasteiger partial charge in [0.2, 0.25) is 11.8 Å². The molecular weight excluding hydrogens is 444 g/mol. The summed E-state index contributed by atoms with van der Waals surface area (Å²) in [6.07, 6.45) is 2.23. The van der Waals surface area contributed by atoms with Crippen molar-refractivity contribution in [1.82, 2.24) is 10.6 Å². The van der Waals surface area contributed by atoms with Gasteiger partial charge in [0.05, 0.1) is 10.1 Å². The predicted molar refractivity (Wildman–Crippen MR) is 132 cm³/mol. The highest BCUT2D eigenvalue weighted by atomic mass is 32.2. The Kier molecular flexibility index (Phi) is 9.28. The van der Waals surface area contributed by atoms with Gasteiger partial charge in [-0.05, 0) is 42.7 Å². The molecule has 1 aliphatic rings. The van der Waals surface area contributed by atoms with Gasteiger partial charge < -0.3 is 15.7 Å². The molecule has 3 atom stereocenters. The first-order valence-electron chi connectivity index (χ1n) is 11.0. The zero-order chi connectivity index (χ0) is 24.1. The largest absolute Gasteiger partial charge is 0.481 e. The van der Waals surface area contributed by atoms with Crippen LogP contribution in [0.25, 0.3) is 0 Å². The first kappa shape index (κ1) is 26.3. The molecule has 1 fully saturated rings. The Hall–Kier alpha value is -1.93. The standard InChI is InChI=1S/C24H34N2O4S2/c1-14(2)13-17(18(22(29)30)23(31)32-16-9-7-6-8-10-16)20(27)26-19(24(3,4)5)21(28)25-15-11-12-15/h6-10,14-15,17-19H,11-13H2,1-5H3,(H,25,28)(H,26,27)(H,29,30). The van der Waals surface area contributed by atoms with Gasteiger partial charge in [0.25, 0.3) is 0 Å². The molecule has 1 aliphatic carbocycles. The summed E-state index contributed by atoms with van der Waals surface area (Å²) in [4.78, 5) is 39.3. The molecule has 0 aromatic heterocycles. The first-order chi connectivity index (χ1) is 14.9. The van der Waals surface area contributed by atoms with Crippen molar-refractivity contribution in [3.8, 4) is 0 Å². The maximum Gasteiger partial charge on any atom is 0.313 e. The number of benzene rings is 1. The minimum Gasteiger partial charge on any atom is -0.481 e. The number of nitrogens with one attached hydrogen (secondary N) is 2. The number of hydrogen-bond acceptors (Lipinski definition) is 5. The molecular formula is C24H34N2O4S2. The van der Waals surface area contributed by atoms with Gasteiger partial charge in [-0.3, -0.25) is 14.4 Å². The van der Waals surface area contributed by atoms with E-state index in [0.717, 1.165) is 17.7 Å². The van der Waals surface area contributed by atoms with Crippen LogP contribution in [-0.4, -0.2) is 39.2 Å². The molecule has 3 N–H and O–H groups in total. The second-order valence-corrected chi connectivity index (χ2v) is 11.7. The average Bonchev–Trinajstić information content (AvgIpc) is 3.48. The molecule has 0 radical (unpaired) electrons. The lowest BCUT2D eigenvalue weighted by Crippen LogP contribution is -2.56. The van der Waals surface area contributed by atoms with Crippen LogP contribution < -0.4 is 10.6 Å². The van der Waals surface area contributed by atoms with Crippen LogP contribution in [0.15, 0.2) is 35.2 Å². The number of thioether (sulfide) groups is 1. The highest BCUT2D eigenvalue weighted by Crippen LogP contribution is 2.32. The number of carboxylic acid groups (broad SMARTS) is 1. The van der Waals surface area contributed by atoms with E-state index in [9.17, 15) is 19.5 Å². The zero-order valence-corrected chi connectivity index (χ0v) is 21.0. The van der Waals surface area contributed by atoms with E-state index in [1.54, 1.807) is 0 Å². The van der Waals surface area contributed by atoms with Gasteiger partial charge in [0.1, 0.15) is 12.0 Å². The monoisotopic (exact) mass is 478 g/mol. The van der Waals surface area contributed by atoms with Crippen LogP contribution in [0.1, 0.15) is 53.9 Å². The summed E-state index contributed by atoms with van der Waals surface area (Å²) in [5.41, 5.74) is -0.533. The van der Waals surface area contributed by atoms with Crippen LogP contribution in [-0.2, 0) is 14.4 Å². The minimum atomic E-state index is -1.15. The Bertz CT molecular complexity index is 832. The fourth-order valence-corrected chi connectivity index (χ4v) is 4.92. The van der Waals surface area contributed by atoms with E-state index < -0.39 is 35.2 Å². The highest BCUT2D eigenvalue weighted by Gasteiger charge is 2.41. The van der Waals surface area contributed by atoms with Crippen molar-refractivity contribution in [3.63, 3.8) is 0 Å². The third-order valence-electron chi connectivity index (χ3n) is 5.28. The van der Waals surface area contributed by atoms with Crippen LogP contribution in [0.5, 0.6) is 0 Å². The Morgan fingerprint density at radius 1 is 1.12 bits per heavy atom. The van der Waals surface area contributed by atoms with Gasteiger partial charge >= 0.3 is 5.97 Å². The predicted octanol–water partition coefficient (Wildman–Crippen LogP) is 4.28.